The third-order valence-corrected chi connectivity index (χ3v) is 3.48. The van der Waals surface area contributed by atoms with Crippen molar-refractivity contribution in [2.75, 3.05) is 24.7 Å². The van der Waals surface area contributed by atoms with Gasteiger partial charge in [-0.3, -0.25) is 4.98 Å². The molecule has 1 atom stereocenters. The Labute approximate surface area is 122 Å². The zero-order chi connectivity index (χ0) is 14.7. The van der Waals surface area contributed by atoms with Crippen molar-refractivity contribution >= 4 is 5.82 Å². The van der Waals surface area contributed by atoms with Gasteiger partial charge in [0.25, 0.3) is 0 Å². The van der Waals surface area contributed by atoms with Gasteiger partial charge in [0.15, 0.2) is 5.82 Å². The fraction of sp³-hybridized carbons (Fsp3) is 0.500. The molecule has 0 spiro atoms. The first kappa shape index (κ1) is 13.8. The Bertz CT molecular complexity index is 601. The lowest BCUT2D eigenvalue weighted by Gasteiger charge is -2.23. The van der Waals surface area contributed by atoms with Crippen LogP contribution in [-0.4, -0.2) is 40.0 Å². The van der Waals surface area contributed by atoms with Crippen molar-refractivity contribution in [2.45, 2.75) is 25.8 Å². The minimum Gasteiger partial charge on any atom is -0.474 e. The molecule has 3 rings (SSSR count). The molecule has 7 heteroatoms. The average molecular weight is 290 g/mol. The van der Waals surface area contributed by atoms with Crippen LogP contribution in [-0.2, 0) is 0 Å². The number of rotatable bonds is 5. The fourth-order valence-electron chi connectivity index (χ4n) is 2.59. The molecule has 0 aromatic carbocycles. The van der Waals surface area contributed by atoms with E-state index in [1.54, 1.807) is 12.4 Å². The summed E-state index contributed by atoms with van der Waals surface area (Å²) in [6, 6.07) is 2.12. The Balaban J connectivity index is 1.81. The highest BCUT2D eigenvalue weighted by molar-refractivity contribution is 5.42. The van der Waals surface area contributed by atoms with E-state index >= 15 is 0 Å². The molecule has 1 N–H and O–H groups in total. The molecule has 1 aliphatic rings. The van der Waals surface area contributed by atoms with Crippen LogP contribution in [0.4, 0.5) is 5.82 Å². The summed E-state index contributed by atoms with van der Waals surface area (Å²) in [7, 11) is 0. The highest BCUT2D eigenvalue weighted by Gasteiger charge is 2.29. The summed E-state index contributed by atoms with van der Waals surface area (Å²) < 4.78 is 10.5. The Hall–Kier alpha value is -2.15. The fourth-order valence-corrected chi connectivity index (χ4v) is 2.59. The van der Waals surface area contributed by atoms with Crippen molar-refractivity contribution in [1.82, 2.24) is 15.1 Å². The van der Waals surface area contributed by atoms with Gasteiger partial charge in [-0.1, -0.05) is 5.16 Å². The van der Waals surface area contributed by atoms with Gasteiger partial charge in [0.05, 0.1) is 25.0 Å². The molecular formula is C14H18N4O3. The van der Waals surface area contributed by atoms with Crippen LogP contribution in [0, 0.1) is 6.92 Å². The van der Waals surface area contributed by atoms with Crippen LogP contribution in [0.15, 0.2) is 23.0 Å². The zero-order valence-electron chi connectivity index (χ0n) is 11.9. The molecule has 1 unspecified atom stereocenters. The molecule has 0 saturated carbocycles. The van der Waals surface area contributed by atoms with Crippen LogP contribution >= 0.6 is 0 Å². The monoisotopic (exact) mass is 290 g/mol. The van der Waals surface area contributed by atoms with Crippen molar-refractivity contribution in [1.29, 1.82) is 0 Å². The largest absolute Gasteiger partial charge is 0.474 e. The first-order valence-corrected chi connectivity index (χ1v) is 7.03. The lowest BCUT2D eigenvalue weighted by atomic mass is 10.1. The molecule has 3 heterocycles. The highest BCUT2D eigenvalue weighted by Crippen LogP contribution is 2.34. The molecule has 7 nitrogen and oxygen atoms in total. The van der Waals surface area contributed by atoms with Gasteiger partial charge in [-0.15, -0.1) is 0 Å². The van der Waals surface area contributed by atoms with Gasteiger partial charge in [-0.05, 0) is 19.8 Å². The van der Waals surface area contributed by atoms with Crippen molar-refractivity contribution in [2.24, 2.45) is 0 Å². The van der Waals surface area contributed by atoms with E-state index in [4.69, 9.17) is 14.4 Å². The molecule has 1 aliphatic heterocycles. The number of ether oxygens (including phenoxy) is 1. The highest BCUT2D eigenvalue weighted by atomic mass is 16.5. The molecular weight excluding hydrogens is 272 g/mol. The maximum atomic E-state index is 8.80. The van der Waals surface area contributed by atoms with Crippen molar-refractivity contribution in [3.8, 4) is 5.88 Å². The number of aromatic nitrogens is 3. The molecule has 2 aromatic rings. The number of aryl methyl sites for hydroxylation is 1. The Morgan fingerprint density at radius 1 is 1.48 bits per heavy atom. The van der Waals surface area contributed by atoms with Gasteiger partial charge < -0.3 is 19.3 Å². The van der Waals surface area contributed by atoms with E-state index in [1.807, 2.05) is 13.0 Å². The molecule has 0 bridgehead atoms. The Morgan fingerprint density at radius 3 is 3.14 bits per heavy atom. The van der Waals surface area contributed by atoms with Crippen molar-refractivity contribution in [3.05, 3.63) is 29.9 Å². The molecule has 0 amide bonds. The van der Waals surface area contributed by atoms with Crippen LogP contribution in [0.5, 0.6) is 5.88 Å². The number of aliphatic hydroxyl groups is 1. The summed E-state index contributed by atoms with van der Waals surface area (Å²) in [5.74, 6) is 1.99. The van der Waals surface area contributed by atoms with E-state index in [0.717, 1.165) is 36.7 Å². The van der Waals surface area contributed by atoms with Crippen LogP contribution in [0.1, 0.15) is 30.3 Å². The van der Waals surface area contributed by atoms with Crippen LogP contribution in [0.3, 0.4) is 0 Å². The van der Waals surface area contributed by atoms with Crippen molar-refractivity contribution in [3.63, 3.8) is 0 Å². The third kappa shape index (κ3) is 2.97. The molecule has 1 fully saturated rings. The third-order valence-electron chi connectivity index (χ3n) is 3.48. The summed E-state index contributed by atoms with van der Waals surface area (Å²) in [5, 5.41) is 12.9. The van der Waals surface area contributed by atoms with Gasteiger partial charge in [0.2, 0.25) is 5.88 Å². The normalized spacial score (nSPS) is 18.2. The maximum Gasteiger partial charge on any atom is 0.234 e. The second-order valence-corrected chi connectivity index (χ2v) is 5.00. The minimum absolute atomic E-state index is 0.0452. The first-order valence-electron chi connectivity index (χ1n) is 7.03. The first-order chi connectivity index (χ1) is 10.3. The lowest BCUT2D eigenvalue weighted by Crippen LogP contribution is -2.24. The summed E-state index contributed by atoms with van der Waals surface area (Å²) >= 11 is 0. The predicted octanol–water partition coefficient (Wildman–Crippen LogP) is 1.49. The van der Waals surface area contributed by atoms with Gasteiger partial charge in [-0.25, -0.2) is 0 Å². The van der Waals surface area contributed by atoms with E-state index in [1.165, 1.54) is 0 Å². The number of anilines is 1. The Kier molecular flexibility index (Phi) is 4.01. The number of hydrogen-bond acceptors (Lipinski definition) is 7. The summed E-state index contributed by atoms with van der Waals surface area (Å²) in [6.07, 6.45) is 5.34. The van der Waals surface area contributed by atoms with Crippen LogP contribution in [0.25, 0.3) is 0 Å². The summed E-state index contributed by atoms with van der Waals surface area (Å²) in [5.41, 5.74) is 0.925. The molecule has 21 heavy (non-hydrogen) atoms. The van der Waals surface area contributed by atoms with Gasteiger partial charge in [0.1, 0.15) is 18.1 Å². The lowest BCUT2D eigenvalue weighted by molar-refractivity contribution is 0.196. The smallest absolute Gasteiger partial charge is 0.234 e. The van der Waals surface area contributed by atoms with Gasteiger partial charge in [-0.2, -0.15) is 4.98 Å². The molecule has 1 saturated heterocycles. The molecule has 0 radical (unpaired) electrons. The molecule has 112 valence electrons. The van der Waals surface area contributed by atoms with Crippen LogP contribution < -0.4 is 9.64 Å². The second-order valence-electron chi connectivity index (χ2n) is 5.00. The SMILES string of the molecule is Cc1cc(C2CCCN2c2cncc(OCCO)n2)no1. The van der Waals surface area contributed by atoms with E-state index in [0.29, 0.717) is 5.88 Å². The summed E-state index contributed by atoms with van der Waals surface area (Å²) in [4.78, 5) is 10.8. The summed E-state index contributed by atoms with van der Waals surface area (Å²) in [6.45, 7) is 2.95. The minimum atomic E-state index is -0.0452. The Morgan fingerprint density at radius 2 is 2.38 bits per heavy atom. The van der Waals surface area contributed by atoms with E-state index in [9.17, 15) is 0 Å². The predicted molar refractivity (Wildman–Crippen MR) is 75.2 cm³/mol. The average Bonchev–Trinajstić information content (AvgIpc) is 3.13. The number of aliphatic hydroxyl groups excluding tert-OH is 1. The molecule has 0 aliphatic carbocycles. The van der Waals surface area contributed by atoms with E-state index < -0.39 is 0 Å². The van der Waals surface area contributed by atoms with E-state index in [-0.39, 0.29) is 19.3 Å². The van der Waals surface area contributed by atoms with Crippen LogP contribution in [0.2, 0.25) is 0 Å². The van der Waals surface area contributed by atoms with Gasteiger partial charge >= 0.3 is 0 Å². The zero-order valence-corrected chi connectivity index (χ0v) is 11.9. The van der Waals surface area contributed by atoms with Crippen molar-refractivity contribution < 1.29 is 14.4 Å². The second kappa shape index (κ2) is 6.09. The quantitative estimate of drug-likeness (QED) is 0.892. The number of nitrogens with zero attached hydrogens (tertiary/aromatic N) is 4. The van der Waals surface area contributed by atoms with E-state index in [2.05, 4.69) is 20.0 Å². The standard InChI is InChI=1S/C14H18N4O3/c1-10-7-11(17-21-10)12-3-2-4-18(12)13-8-15-9-14(16-13)20-6-5-19/h7-9,12,19H,2-6H2,1H3. The maximum absolute atomic E-state index is 8.80. The van der Waals surface area contributed by atoms with Gasteiger partial charge in [0, 0.05) is 12.6 Å². The molecule has 2 aromatic heterocycles. The number of hydrogen-bond donors (Lipinski definition) is 1. The topological polar surface area (TPSA) is 84.5 Å².